The number of carbonyl (C=O) groups is 1. The van der Waals surface area contributed by atoms with Gasteiger partial charge in [0.1, 0.15) is 6.61 Å². The summed E-state index contributed by atoms with van der Waals surface area (Å²) in [5, 5.41) is 0. The lowest BCUT2D eigenvalue weighted by Crippen LogP contribution is -1.99. The molecule has 0 amide bonds. The molecule has 53 valence electrons. The maximum atomic E-state index is 10.5. The van der Waals surface area contributed by atoms with E-state index in [0.717, 1.165) is 12.8 Å². The van der Waals surface area contributed by atoms with Crippen molar-refractivity contribution in [3.8, 4) is 0 Å². The Kier molecular flexibility index (Phi) is 5.27. The quantitative estimate of drug-likeness (QED) is 0.542. The molecule has 0 N–H and O–H groups in total. The number of hydrogen-bond acceptors (Lipinski definition) is 2. The first-order valence-corrected chi connectivity index (χ1v) is 3.28. The average molecular weight is 129 g/mol. The van der Waals surface area contributed by atoms with Crippen LogP contribution in [0.4, 0.5) is 0 Å². The van der Waals surface area contributed by atoms with Crippen LogP contribution in [0.5, 0.6) is 0 Å². The Labute approximate surface area is 56.2 Å². The van der Waals surface area contributed by atoms with Gasteiger partial charge in [-0.1, -0.05) is 13.3 Å². The maximum Gasteiger partial charge on any atom is 0.306 e. The first-order chi connectivity index (χ1) is 4.31. The van der Waals surface area contributed by atoms with Crippen molar-refractivity contribution in [3.63, 3.8) is 0 Å². The summed E-state index contributed by atoms with van der Waals surface area (Å²) in [4.78, 5) is 10.5. The highest BCUT2D eigenvalue weighted by atomic mass is 16.5. The van der Waals surface area contributed by atoms with Gasteiger partial charge in [0, 0.05) is 6.42 Å². The van der Waals surface area contributed by atoms with Gasteiger partial charge in [0.25, 0.3) is 0 Å². The summed E-state index contributed by atoms with van der Waals surface area (Å²) in [6, 6.07) is 0. The van der Waals surface area contributed by atoms with Gasteiger partial charge in [0.2, 0.25) is 0 Å². The zero-order chi connectivity index (χ0) is 7.11. The van der Waals surface area contributed by atoms with E-state index < -0.39 is 0 Å². The lowest BCUT2D eigenvalue weighted by Gasteiger charge is -1.97. The fraction of sp³-hybridized carbons (Fsp3) is 0.714. The smallest absolute Gasteiger partial charge is 0.306 e. The van der Waals surface area contributed by atoms with E-state index in [9.17, 15) is 4.79 Å². The van der Waals surface area contributed by atoms with Gasteiger partial charge >= 0.3 is 5.97 Å². The average Bonchev–Trinajstić information content (AvgIpc) is 1.85. The molecule has 0 aromatic carbocycles. The Hall–Kier alpha value is -0.530. The molecule has 0 aromatic rings. The Bertz CT molecular complexity index is 79.0. The molecule has 0 aliphatic rings. The van der Waals surface area contributed by atoms with Crippen molar-refractivity contribution in [1.82, 2.24) is 0 Å². The lowest BCUT2D eigenvalue weighted by atomic mass is 10.3. The van der Waals surface area contributed by atoms with Gasteiger partial charge in [0.15, 0.2) is 0 Å². The molecule has 0 aromatic heterocycles. The van der Waals surface area contributed by atoms with Gasteiger partial charge in [-0.25, -0.2) is 0 Å². The molecule has 0 atom stereocenters. The van der Waals surface area contributed by atoms with E-state index in [-0.39, 0.29) is 5.97 Å². The Morgan fingerprint density at radius 3 is 2.78 bits per heavy atom. The molecule has 2 nitrogen and oxygen atoms in total. The van der Waals surface area contributed by atoms with Gasteiger partial charge in [-0.05, 0) is 13.3 Å². The molecule has 0 fully saturated rings. The summed E-state index contributed by atoms with van der Waals surface area (Å²) in [6.07, 6.45) is 2.51. The molecule has 0 saturated heterocycles. The van der Waals surface area contributed by atoms with Crippen molar-refractivity contribution < 1.29 is 9.53 Å². The second-order valence-corrected chi connectivity index (χ2v) is 1.83. The molecule has 0 aliphatic carbocycles. The molecular weight excluding hydrogens is 116 g/mol. The fourth-order valence-corrected chi connectivity index (χ4v) is 0.511. The molecule has 0 aliphatic heterocycles. The minimum atomic E-state index is -0.126. The van der Waals surface area contributed by atoms with Crippen LogP contribution in [0.25, 0.3) is 0 Å². The molecular formula is C7H13O2. The second-order valence-electron chi connectivity index (χ2n) is 1.83. The van der Waals surface area contributed by atoms with Crippen molar-refractivity contribution in [3.05, 3.63) is 6.61 Å². The fourth-order valence-electron chi connectivity index (χ4n) is 0.511. The van der Waals surface area contributed by atoms with Crippen LogP contribution in [0, 0.1) is 6.61 Å². The molecule has 9 heavy (non-hydrogen) atoms. The zero-order valence-corrected chi connectivity index (χ0v) is 6.02. The molecule has 1 radical (unpaired) electrons. The van der Waals surface area contributed by atoms with Crippen molar-refractivity contribution in [2.24, 2.45) is 0 Å². The maximum absolute atomic E-state index is 10.5. The highest BCUT2D eigenvalue weighted by Crippen LogP contribution is 1.96. The van der Waals surface area contributed by atoms with Crippen LogP contribution in [0.15, 0.2) is 0 Å². The van der Waals surface area contributed by atoms with E-state index in [0.29, 0.717) is 6.42 Å². The van der Waals surface area contributed by atoms with Crippen molar-refractivity contribution in [1.29, 1.82) is 0 Å². The molecule has 0 heterocycles. The Balaban J connectivity index is 3.06. The minimum Gasteiger partial charge on any atom is -0.459 e. The number of carbonyl (C=O) groups excluding carboxylic acids is 1. The third-order valence-electron chi connectivity index (χ3n) is 0.984. The number of unbranched alkanes of at least 4 members (excludes halogenated alkanes) is 1. The number of ether oxygens (including phenoxy) is 1. The third kappa shape index (κ3) is 5.34. The van der Waals surface area contributed by atoms with E-state index in [1.807, 2.05) is 6.92 Å². The largest absolute Gasteiger partial charge is 0.459 e. The minimum absolute atomic E-state index is 0.126. The van der Waals surface area contributed by atoms with E-state index in [1.54, 1.807) is 6.92 Å². The standard InChI is InChI=1S/C7H13O2/c1-3-5-6-7(8)9-4-2/h4H,3,5-6H2,1-2H3. The first-order valence-electron chi connectivity index (χ1n) is 3.28. The normalized spacial score (nSPS) is 9.11. The molecule has 0 bridgehead atoms. The Morgan fingerprint density at radius 1 is 1.67 bits per heavy atom. The SMILES string of the molecule is C[CH]OC(=O)CCCC. The van der Waals surface area contributed by atoms with Gasteiger partial charge in [-0.15, -0.1) is 0 Å². The predicted molar refractivity (Wildman–Crippen MR) is 35.6 cm³/mol. The Morgan fingerprint density at radius 2 is 2.33 bits per heavy atom. The molecule has 0 rings (SSSR count). The summed E-state index contributed by atoms with van der Waals surface area (Å²) < 4.78 is 4.58. The van der Waals surface area contributed by atoms with Crippen LogP contribution >= 0.6 is 0 Å². The van der Waals surface area contributed by atoms with Crippen LogP contribution in [0.1, 0.15) is 33.1 Å². The van der Waals surface area contributed by atoms with Crippen LogP contribution in [-0.2, 0) is 9.53 Å². The summed E-state index contributed by atoms with van der Waals surface area (Å²) in [5.74, 6) is -0.126. The van der Waals surface area contributed by atoms with E-state index in [2.05, 4.69) is 4.74 Å². The summed E-state index contributed by atoms with van der Waals surface area (Å²) in [5.41, 5.74) is 0. The van der Waals surface area contributed by atoms with Crippen molar-refractivity contribution in [2.45, 2.75) is 33.1 Å². The van der Waals surface area contributed by atoms with Crippen molar-refractivity contribution in [2.75, 3.05) is 0 Å². The summed E-state index contributed by atoms with van der Waals surface area (Å²) >= 11 is 0. The zero-order valence-electron chi connectivity index (χ0n) is 6.02. The number of hydrogen-bond donors (Lipinski definition) is 0. The molecule has 0 unspecified atom stereocenters. The second kappa shape index (κ2) is 5.60. The van der Waals surface area contributed by atoms with Crippen LogP contribution in [0.2, 0.25) is 0 Å². The highest BCUT2D eigenvalue weighted by Gasteiger charge is 1.97. The van der Waals surface area contributed by atoms with Gasteiger partial charge in [-0.2, -0.15) is 0 Å². The highest BCUT2D eigenvalue weighted by molar-refractivity contribution is 5.69. The van der Waals surface area contributed by atoms with Crippen LogP contribution < -0.4 is 0 Å². The van der Waals surface area contributed by atoms with Crippen molar-refractivity contribution >= 4 is 5.97 Å². The van der Waals surface area contributed by atoms with Gasteiger partial charge < -0.3 is 4.74 Å². The van der Waals surface area contributed by atoms with Gasteiger partial charge in [-0.3, -0.25) is 4.79 Å². The van der Waals surface area contributed by atoms with Crippen LogP contribution in [-0.4, -0.2) is 5.97 Å². The number of esters is 1. The topological polar surface area (TPSA) is 26.3 Å². The summed E-state index contributed by atoms with van der Waals surface area (Å²) in [7, 11) is 0. The first kappa shape index (κ1) is 8.47. The predicted octanol–water partition coefficient (Wildman–Crippen LogP) is 1.90. The summed E-state index contributed by atoms with van der Waals surface area (Å²) in [6.45, 7) is 5.16. The third-order valence-corrected chi connectivity index (χ3v) is 0.984. The van der Waals surface area contributed by atoms with Gasteiger partial charge in [0.05, 0.1) is 0 Å². The molecule has 2 heteroatoms. The molecule has 0 saturated carbocycles. The van der Waals surface area contributed by atoms with Crippen LogP contribution in [0.3, 0.4) is 0 Å². The van der Waals surface area contributed by atoms with E-state index in [1.165, 1.54) is 6.61 Å². The lowest BCUT2D eigenvalue weighted by molar-refractivity contribution is -0.140. The monoisotopic (exact) mass is 129 g/mol. The van der Waals surface area contributed by atoms with E-state index in [4.69, 9.17) is 0 Å². The van der Waals surface area contributed by atoms with E-state index >= 15 is 0 Å². The molecule has 0 spiro atoms. The number of rotatable bonds is 4.